The predicted octanol–water partition coefficient (Wildman–Crippen LogP) is 4.43. The van der Waals surface area contributed by atoms with Crippen LogP contribution in [0.1, 0.15) is 44.7 Å². The maximum absolute atomic E-state index is 10.5. The summed E-state index contributed by atoms with van der Waals surface area (Å²) in [5.74, 6) is -1.16. The van der Waals surface area contributed by atoms with E-state index < -0.39 is 5.97 Å². The number of phenolic OH excluding ortho intramolecular Hbond substituents is 2. The average molecular weight is 316 g/mol. The standard InChI is InChI=1S/C19H24O4/c1-13(2)5-4-6-14(3)7-9-16-17(20)11-15(12-18(16)21)8-10-19(22)23/h5,7-8,10-12,20-21H,4,6,9H2,1-3H3,(H,22,23)/b10-8-,14-7+. The van der Waals surface area contributed by atoms with E-state index in [1.54, 1.807) is 0 Å². The number of hydrogen-bond donors (Lipinski definition) is 3. The van der Waals surface area contributed by atoms with Gasteiger partial charge in [-0.1, -0.05) is 23.3 Å². The summed E-state index contributed by atoms with van der Waals surface area (Å²) in [4.78, 5) is 10.5. The lowest BCUT2D eigenvalue weighted by Gasteiger charge is -2.07. The van der Waals surface area contributed by atoms with Crippen LogP contribution in [0.5, 0.6) is 11.5 Å². The van der Waals surface area contributed by atoms with Crippen molar-refractivity contribution >= 4 is 12.0 Å². The third kappa shape index (κ3) is 6.87. The number of allylic oxidation sites excluding steroid dienone is 4. The van der Waals surface area contributed by atoms with Crippen molar-refractivity contribution in [2.75, 3.05) is 0 Å². The summed E-state index contributed by atoms with van der Waals surface area (Å²) in [6, 6.07) is 2.89. The topological polar surface area (TPSA) is 77.8 Å². The average Bonchev–Trinajstić information content (AvgIpc) is 2.43. The van der Waals surface area contributed by atoms with E-state index in [0.717, 1.165) is 18.9 Å². The molecule has 0 aliphatic rings. The predicted molar refractivity (Wildman–Crippen MR) is 92.6 cm³/mol. The zero-order valence-electron chi connectivity index (χ0n) is 13.8. The van der Waals surface area contributed by atoms with Crippen LogP contribution < -0.4 is 0 Å². The molecule has 0 fully saturated rings. The van der Waals surface area contributed by atoms with Gasteiger partial charge in [-0.15, -0.1) is 0 Å². The van der Waals surface area contributed by atoms with Crippen LogP contribution in [0.25, 0.3) is 6.08 Å². The number of aliphatic carboxylic acids is 1. The Balaban J connectivity index is 2.81. The smallest absolute Gasteiger partial charge is 0.328 e. The Morgan fingerprint density at radius 3 is 2.22 bits per heavy atom. The summed E-state index contributed by atoms with van der Waals surface area (Å²) in [5, 5.41) is 28.6. The largest absolute Gasteiger partial charge is 0.507 e. The maximum atomic E-state index is 10.5. The summed E-state index contributed by atoms with van der Waals surface area (Å²) in [6.45, 7) is 6.15. The van der Waals surface area contributed by atoms with Gasteiger partial charge in [0, 0.05) is 11.6 Å². The minimum absolute atomic E-state index is 0.0385. The van der Waals surface area contributed by atoms with Crippen molar-refractivity contribution in [2.45, 2.75) is 40.0 Å². The van der Waals surface area contributed by atoms with Crippen LogP contribution in [0.2, 0.25) is 0 Å². The van der Waals surface area contributed by atoms with Crippen LogP contribution in [0.15, 0.2) is 41.5 Å². The number of benzene rings is 1. The van der Waals surface area contributed by atoms with Gasteiger partial charge >= 0.3 is 5.97 Å². The molecule has 0 aliphatic carbocycles. The molecule has 0 aliphatic heterocycles. The molecule has 0 atom stereocenters. The van der Waals surface area contributed by atoms with Gasteiger partial charge in [-0.3, -0.25) is 0 Å². The molecule has 0 heterocycles. The SMILES string of the molecule is CC(C)=CCC/C(C)=C/Cc1c(O)cc(/C=C\C(=O)O)cc1O. The molecule has 0 saturated carbocycles. The number of carbonyl (C=O) groups is 1. The highest BCUT2D eigenvalue weighted by molar-refractivity contribution is 5.85. The number of phenols is 2. The van der Waals surface area contributed by atoms with Crippen molar-refractivity contribution in [3.63, 3.8) is 0 Å². The van der Waals surface area contributed by atoms with E-state index in [1.807, 2.05) is 13.0 Å². The molecule has 0 radical (unpaired) electrons. The monoisotopic (exact) mass is 316 g/mol. The molecule has 4 heteroatoms. The van der Waals surface area contributed by atoms with E-state index in [2.05, 4.69) is 19.9 Å². The lowest BCUT2D eigenvalue weighted by atomic mass is 10.0. The van der Waals surface area contributed by atoms with Crippen molar-refractivity contribution in [3.8, 4) is 11.5 Å². The first-order valence-corrected chi connectivity index (χ1v) is 7.54. The normalized spacial score (nSPS) is 11.7. The molecule has 0 amide bonds. The van der Waals surface area contributed by atoms with Crippen molar-refractivity contribution < 1.29 is 20.1 Å². The Bertz CT molecular complexity index is 624. The van der Waals surface area contributed by atoms with Crippen LogP contribution in [0.3, 0.4) is 0 Å². The first-order chi connectivity index (χ1) is 10.8. The minimum Gasteiger partial charge on any atom is -0.507 e. The van der Waals surface area contributed by atoms with Gasteiger partial charge in [0.05, 0.1) is 0 Å². The molecule has 3 N–H and O–H groups in total. The van der Waals surface area contributed by atoms with Crippen LogP contribution >= 0.6 is 0 Å². The summed E-state index contributed by atoms with van der Waals surface area (Å²) >= 11 is 0. The third-order valence-corrected chi connectivity index (χ3v) is 3.39. The van der Waals surface area contributed by atoms with Gasteiger partial charge in [0.2, 0.25) is 0 Å². The molecule has 0 aromatic heterocycles. The van der Waals surface area contributed by atoms with Gasteiger partial charge in [-0.25, -0.2) is 4.79 Å². The van der Waals surface area contributed by atoms with Crippen molar-refractivity contribution in [1.82, 2.24) is 0 Å². The molecule has 1 rings (SSSR count). The first kappa shape index (κ1) is 18.6. The summed E-state index contributed by atoms with van der Waals surface area (Å²) in [7, 11) is 0. The van der Waals surface area contributed by atoms with Gasteiger partial charge in [0.25, 0.3) is 0 Å². The lowest BCUT2D eigenvalue weighted by Crippen LogP contribution is -1.89. The highest BCUT2D eigenvalue weighted by Gasteiger charge is 2.08. The zero-order chi connectivity index (χ0) is 17.4. The second kappa shape index (κ2) is 8.83. The van der Waals surface area contributed by atoms with Crippen LogP contribution in [-0.4, -0.2) is 21.3 Å². The fourth-order valence-corrected chi connectivity index (χ4v) is 2.10. The molecule has 0 unspecified atom stereocenters. The van der Waals surface area contributed by atoms with Crippen LogP contribution in [0.4, 0.5) is 0 Å². The third-order valence-electron chi connectivity index (χ3n) is 3.39. The van der Waals surface area contributed by atoms with Crippen molar-refractivity contribution in [2.24, 2.45) is 0 Å². The van der Waals surface area contributed by atoms with E-state index in [1.165, 1.54) is 29.4 Å². The molecule has 4 nitrogen and oxygen atoms in total. The van der Waals surface area contributed by atoms with Crippen molar-refractivity contribution in [3.05, 3.63) is 52.6 Å². The molecule has 23 heavy (non-hydrogen) atoms. The van der Waals surface area contributed by atoms with Gasteiger partial charge in [-0.05, 0) is 63.8 Å². The van der Waals surface area contributed by atoms with E-state index in [9.17, 15) is 15.0 Å². The lowest BCUT2D eigenvalue weighted by molar-refractivity contribution is -0.131. The van der Waals surface area contributed by atoms with Gasteiger partial charge < -0.3 is 15.3 Å². The number of hydrogen-bond acceptors (Lipinski definition) is 3. The number of carboxylic acid groups (broad SMARTS) is 1. The second-order valence-corrected chi connectivity index (χ2v) is 5.78. The summed E-state index contributed by atoms with van der Waals surface area (Å²) in [6.07, 6.45) is 8.79. The van der Waals surface area contributed by atoms with E-state index in [-0.39, 0.29) is 11.5 Å². The Hall–Kier alpha value is -2.49. The van der Waals surface area contributed by atoms with E-state index in [0.29, 0.717) is 17.5 Å². The summed E-state index contributed by atoms with van der Waals surface area (Å²) < 4.78 is 0. The fourth-order valence-electron chi connectivity index (χ4n) is 2.10. The highest BCUT2D eigenvalue weighted by Crippen LogP contribution is 2.30. The Morgan fingerprint density at radius 2 is 1.70 bits per heavy atom. The second-order valence-electron chi connectivity index (χ2n) is 5.78. The van der Waals surface area contributed by atoms with Gasteiger partial charge in [0.15, 0.2) is 0 Å². The molecule has 124 valence electrons. The maximum Gasteiger partial charge on any atom is 0.328 e. The van der Waals surface area contributed by atoms with Gasteiger partial charge in [-0.2, -0.15) is 0 Å². The molecule has 0 spiro atoms. The number of carboxylic acids is 1. The van der Waals surface area contributed by atoms with E-state index in [4.69, 9.17) is 5.11 Å². The zero-order valence-corrected chi connectivity index (χ0v) is 13.8. The van der Waals surface area contributed by atoms with Gasteiger partial charge in [0.1, 0.15) is 11.5 Å². The first-order valence-electron chi connectivity index (χ1n) is 7.54. The number of aromatic hydroxyl groups is 2. The Kier molecular flexibility index (Phi) is 7.13. The molecular formula is C19H24O4. The minimum atomic E-state index is -1.08. The quantitative estimate of drug-likeness (QED) is 0.513. The molecule has 1 aromatic carbocycles. The Labute approximate surface area is 137 Å². The van der Waals surface area contributed by atoms with E-state index >= 15 is 0 Å². The molecule has 1 aromatic rings. The van der Waals surface area contributed by atoms with Crippen molar-refractivity contribution in [1.29, 1.82) is 0 Å². The molecule has 0 bridgehead atoms. The highest BCUT2D eigenvalue weighted by atomic mass is 16.4. The molecular weight excluding hydrogens is 292 g/mol. The van der Waals surface area contributed by atoms with Crippen LogP contribution in [0, 0.1) is 0 Å². The van der Waals surface area contributed by atoms with Crippen LogP contribution in [-0.2, 0) is 11.2 Å². The number of rotatable bonds is 7. The Morgan fingerprint density at radius 1 is 1.09 bits per heavy atom. The molecule has 0 saturated heterocycles. The fraction of sp³-hybridized carbons (Fsp3) is 0.316. The summed E-state index contributed by atoms with van der Waals surface area (Å²) in [5.41, 5.74) is 3.36.